The summed E-state index contributed by atoms with van der Waals surface area (Å²) in [5.74, 6) is -1.22. The monoisotopic (exact) mass is 251 g/mol. The Hall–Kier alpha value is -1.88. The van der Waals surface area contributed by atoms with E-state index in [1.165, 1.54) is 21.0 Å². The predicted octanol–water partition coefficient (Wildman–Crippen LogP) is 0.788. The smallest absolute Gasteiger partial charge is 0.333 e. The van der Waals surface area contributed by atoms with Crippen LogP contribution in [0.4, 0.5) is 0 Å². The van der Waals surface area contributed by atoms with Gasteiger partial charge in [0.05, 0.1) is 7.11 Å². The van der Waals surface area contributed by atoms with Crippen LogP contribution in [0.25, 0.3) is 0 Å². The number of aliphatic hydroxyl groups is 1. The molecule has 98 valence electrons. The number of esters is 1. The van der Waals surface area contributed by atoms with Crippen molar-refractivity contribution in [3.63, 3.8) is 0 Å². The van der Waals surface area contributed by atoms with E-state index in [-0.39, 0.29) is 0 Å². The summed E-state index contributed by atoms with van der Waals surface area (Å²) in [5, 5.41) is 12.0. The largest absolute Gasteiger partial charge is 0.467 e. The third kappa shape index (κ3) is 3.56. The van der Waals surface area contributed by atoms with Gasteiger partial charge in [-0.05, 0) is 19.4 Å². The molecule has 1 rings (SSSR count). The second kappa shape index (κ2) is 5.64. The minimum atomic E-state index is -1.55. The summed E-state index contributed by atoms with van der Waals surface area (Å²) in [4.78, 5) is 23.4. The van der Waals surface area contributed by atoms with Crippen LogP contribution in [0, 0.1) is 0 Å². The van der Waals surface area contributed by atoms with Gasteiger partial charge in [0.1, 0.15) is 5.60 Å². The zero-order valence-corrected chi connectivity index (χ0v) is 10.6. The Balaban J connectivity index is 2.95. The zero-order chi connectivity index (χ0) is 13.8. The number of carbonyl (C=O) groups excluding carboxylic acids is 2. The van der Waals surface area contributed by atoms with Crippen molar-refractivity contribution in [3.8, 4) is 0 Å². The van der Waals surface area contributed by atoms with Crippen LogP contribution in [0.1, 0.15) is 25.5 Å². The van der Waals surface area contributed by atoms with Crippen molar-refractivity contribution >= 4 is 11.9 Å². The number of hydrogen-bond donors (Lipinski definition) is 2. The molecule has 0 aliphatic rings. The number of nitrogens with one attached hydrogen (secondary N) is 1. The summed E-state index contributed by atoms with van der Waals surface area (Å²) < 4.78 is 4.65. The van der Waals surface area contributed by atoms with Gasteiger partial charge in [-0.25, -0.2) is 4.79 Å². The molecule has 0 heterocycles. The van der Waals surface area contributed by atoms with Gasteiger partial charge in [0.2, 0.25) is 0 Å². The van der Waals surface area contributed by atoms with Crippen molar-refractivity contribution in [1.82, 2.24) is 5.32 Å². The fraction of sp³-hybridized carbons (Fsp3) is 0.385. The Morgan fingerprint density at radius 3 is 2.28 bits per heavy atom. The SMILES string of the molecule is COC(=O)C(NC(=O)C(C)(C)O)c1ccccc1. The minimum Gasteiger partial charge on any atom is -0.467 e. The Kier molecular flexibility index (Phi) is 4.44. The van der Waals surface area contributed by atoms with Gasteiger partial charge in [-0.15, -0.1) is 0 Å². The maximum absolute atomic E-state index is 11.7. The van der Waals surface area contributed by atoms with Crippen molar-refractivity contribution in [2.45, 2.75) is 25.5 Å². The minimum absolute atomic E-state index is 0.584. The third-order valence-electron chi connectivity index (χ3n) is 2.40. The molecule has 1 aromatic rings. The van der Waals surface area contributed by atoms with Crippen molar-refractivity contribution < 1.29 is 19.4 Å². The molecule has 1 atom stereocenters. The quantitative estimate of drug-likeness (QED) is 0.776. The lowest BCUT2D eigenvalue weighted by molar-refractivity contribution is -0.148. The van der Waals surface area contributed by atoms with Crippen LogP contribution in [0.15, 0.2) is 30.3 Å². The van der Waals surface area contributed by atoms with E-state index in [9.17, 15) is 14.7 Å². The lowest BCUT2D eigenvalue weighted by atomic mass is 10.0. The van der Waals surface area contributed by atoms with Crippen LogP contribution in [-0.4, -0.2) is 29.7 Å². The number of rotatable bonds is 4. The lowest BCUT2D eigenvalue weighted by Gasteiger charge is -2.22. The third-order valence-corrected chi connectivity index (χ3v) is 2.40. The second-order valence-electron chi connectivity index (χ2n) is 4.40. The van der Waals surface area contributed by atoms with Crippen LogP contribution < -0.4 is 5.32 Å². The summed E-state index contributed by atoms with van der Waals surface area (Å²) in [7, 11) is 1.24. The Morgan fingerprint density at radius 1 is 1.28 bits per heavy atom. The van der Waals surface area contributed by atoms with E-state index in [0.717, 1.165) is 0 Å². The van der Waals surface area contributed by atoms with Crippen molar-refractivity contribution in [1.29, 1.82) is 0 Å². The van der Waals surface area contributed by atoms with Crippen molar-refractivity contribution in [2.24, 2.45) is 0 Å². The van der Waals surface area contributed by atoms with Gasteiger partial charge in [-0.3, -0.25) is 4.79 Å². The molecule has 1 amide bonds. The first-order valence-electron chi connectivity index (χ1n) is 5.52. The predicted molar refractivity (Wildman–Crippen MR) is 65.6 cm³/mol. The molecule has 0 aromatic heterocycles. The molecule has 0 saturated heterocycles. The van der Waals surface area contributed by atoms with Gasteiger partial charge in [0, 0.05) is 0 Å². The van der Waals surface area contributed by atoms with Crippen molar-refractivity contribution in [3.05, 3.63) is 35.9 Å². The molecule has 0 spiro atoms. The molecule has 0 fully saturated rings. The van der Waals surface area contributed by atoms with Crippen LogP contribution in [0.2, 0.25) is 0 Å². The first kappa shape index (κ1) is 14.2. The molecule has 1 aromatic carbocycles. The van der Waals surface area contributed by atoms with E-state index in [1.54, 1.807) is 30.3 Å². The Bertz CT molecular complexity index is 422. The highest BCUT2D eigenvalue weighted by Crippen LogP contribution is 2.15. The Labute approximate surface area is 106 Å². The lowest BCUT2D eigenvalue weighted by Crippen LogP contribution is -2.45. The van der Waals surface area contributed by atoms with E-state index in [4.69, 9.17) is 0 Å². The molecular formula is C13H17NO4. The van der Waals surface area contributed by atoms with Crippen LogP contribution in [-0.2, 0) is 14.3 Å². The summed E-state index contributed by atoms with van der Waals surface area (Å²) in [5.41, 5.74) is -0.955. The highest BCUT2D eigenvalue weighted by atomic mass is 16.5. The molecule has 5 heteroatoms. The molecule has 5 nitrogen and oxygen atoms in total. The number of carbonyl (C=O) groups is 2. The van der Waals surface area contributed by atoms with Gasteiger partial charge < -0.3 is 15.2 Å². The highest BCUT2D eigenvalue weighted by Gasteiger charge is 2.30. The van der Waals surface area contributed by atoms with Crippen LogP contribution in [0.5, 0.6) is 0 Å². The molecule has 18 heavy (non-hydrogen) atoms. The second-order valence-corrected chi connectivity index (χ2v) is 4.40. The molecule has 0 bridgehead atoms. The van der Waals surface area contributed by atoms with E-state index >= 15 is 0 Å². The zero-order valence-electron chi connectivity index (χ0n) is 10.6. The van der Waals surface area contributed by atoms with Crippen LogP contribution in [0.3, 0.4) is 0 Å². The van der Waals surface area contributed by atoms with Gasteiger partial charge in [-0.2, -0.15) is 0 Å². The molecular weight excluding hydrogens is 234 g/mol. The molecule has 0 aliphatic carbocycles. The normalized spacial score (nSPS) is 12.7. The van der Waals surface area contributed by atoms with E-state index < -0.39 is 23.5 Å². The fourth-order valence-electron chi connectivity index (χ4n) is 1.35. The maximum atomic E-state index is 11.7. The van der Waals surface area contributed by atoms with E-state index in [1.807, 2.05) is 0 Å². The van der Waals surface area contributed by atoms with E-state index in [2.05, 4.69) is 10.1 Å². The fourth-order valence-corrected chi connectivity index (χ4v) is 1.35. The molecule has 0 aliphatic heterocycles. The average Bonchev–Trinajstić information content (AvgIpc) is 2.34. The number of ether oxygens (including phenoxy) is 1. The number of hydrogen-bond acceptors (Lipinski definition) is 4. The molecule has 1 unspecified atom stereocenters. The average molecular weight is 251 g/mol. The molecule has 0 saturated carbocycles. The highest BCUT2D eigenvalue weighted by molar-refractivity contribution is 5.89. The number of methoxy groups -OCH3 is 1. The van der Waals surface area contributed by atoms with Gasteiger partial charge >= 0.3 is 5.97 Å². The van der Waals surface area contributed by atoms with E-state index in [0.29, 0.717) is 5.56 Å². The van der Waals surface area contributed by atoms with Crippen molar-refractivity contribution in [2.75, 3.05) is 7.11 Å². The topological polar surface area (TPSA) is 75.6 Å². The number of amides is 1. The summed E-state index contributed by atoms with van der Waals surface area (Å²) >= 11 is 0. The summed E-state index contributed by atoms with van der Waals surface area (Å²) in [6.45, 7) is 2.70. The standard InChI is InChI=1S/C13H17NO4/c1-13(2,17)12(16)14-10(11(15)18-3)9-7-5-4-6-8-9/h4-8,10,17H,1-3H3,(H,14,16). The summed E-state index contributed by atoms with van der Waals surface area (Å²) in [6.07, 6.45) is 0. The first-order valence-corrected chi connectivity index (χ1v) is 5.52. The summed E-state index contributed by atoms with van der Waals surface area (Å²) in [6, 6.07) is 7.78. The van der Waals surface area contributed by atoms with Gasteiger partial charge in [0.25, 0.3) is 5.91 Å². The maximum Gasteiger partial charge on any atom is 0.333 e. The van der Waals surface area contributed by atoms with Gasteiger partial charge in [-0.1, -0.05) is 30.3 Å². The van der Waals surface area contributed by atoms with Crippen LogP contribution >= 0.6 is 0 Å². The molecule has 2 N–H and O–H groups in total. The molecule has 0 radical (unpaired) electrons. The first-order chi connectivity index (χ1) is 8.36. The Morgan fingerprint density at radius 2 is 1.83 bits per heavy atom. The number of benzene rings is 1. The van der Waals surface area contributed by atoms with Gasteiger partial charge in [0.15, 0.2) is 6.04 Å².